The molecule has 0 fully saturated rings. The van der Waals surface area contributed by atoms with Crippen LogP contribution in [0.3, 0.4) is 0 Å². The second kappa shape index (κ2) is 6.41. The summed E-state index contributed by atoms with van der Waals surface area (Å²) >= 11 is 7.29. The normalized spacial score (nSPS) is 12.6. The van der Waals surface area contributed by atoms with E-state index >= 15 is 0 Å². The average molecular weight is 300 g/mol. The second-order valence-corrected chi connectivity index (χ2v) is 5.53. The highest BCUT2D eigenvalue weighted by Gasteiger charge is 2.16. The van der Waals surface area contributed by atoms with Crippen molar-refractivity contribution in [2.24, 2.45) is 0 Å². The molecule has 0 radical (unpaired) electrons. The lowest BCUT2D eigenvalue weighted by molar-refractivity contribution is 0.531. The third kappa shape index (κ3) is 3.29. The van der Waals surface area contributed by atoms with E-state index in [1.54, 1.807) is 6.07 Å². The monoisotopic (exact) mass is 299 g/mol. The van der Waals surface area contributed by atoms with Crippen LogP contribution in [0.5, 0.6) is 0 Å². The Hall–Kier alpha value is -1.04. The number of hydrogen-bond donors (Lipinski definition) is 1. The maximum Gasteiger partial charge on any atom is 0.150 e. The summed E-state index contributed by atoms with van der Waals surface area (Å²) in [7, 11) is 0. The first-order chi connectivity index (χ1) is 9.15. The topological polar surface area (TPSA) is 37.8 Å². The molecule has 1 heterocycles. The van der Waals surface area contributed by atoms with Gasteiger partial charge in [-0.15, -0.1) is 10.2 Å². The first-order valence-electron chi connectivity index (χ1n) is 6.17. The molecule has 0 aliphatic rings. The van der Waals surface area contributed by atoms with Crippen LogP contribution in [0.4, 0.5) is 4.39 Å². The minimum atomic E-state index is -0.330. The van der Waals surface area contributed by atoms with Crippen molar-refractivity contribution in [2.75, 3.05) is 6.54 Å². The predicted molar refractivity (Wildman–Crippen MR) is 77.0 cm³/mol. The molecule has 2 rings (SSSR count). The molecular formula is C13H15ClFN3S. The lowest BCUT2D eigenvalue weighted by atomic mass is 10.2. The van der Waals surface area contributed by atoms with Crippen LogP contribution in [0.1, 0.15) is 31.3 Å². The highest BCUT2D eigenvalue weighted by atomic mass is 35.5. The van der Waals surface area contributed by atoms with Crippen LogP contribution in [0.25, 0.3) is 10.6 Å². The second-order valence-electron chi connectivity index (χ2n) is 4.09. The van der Waals surface area contributed by atoms with Crippen LogP contribution < -0.4 is 5.32 Å². The van der Waals surface area contributed by atoms with Crippen molar-refractivity contribution >= 4 is 22.9 Å². The van der Waals surface area contributed by atoms with E-state index in [1.165, 1.54) is 23.5 Å². The molecule has 0 saturated heterocycles. The largest absolute Gasteiger partial charge is 0.308 e. The molecule has 1 N–H and O–H groups in total. The number of nitrogens with zero attached hydrogens (tertiary/aromatic N) is 2. The summed E-state index contributed by atoms with van der Waals surface area (Å²) in [6.07, 6.45) is 0.917. The van der Waals surface area contributed by atoms with Crippen molar-refractivity contribution in [1.82, 2.24) is 15.5 Å². The van der Waals surface area contributed by atoms with E-state index < -0.39 is 0 Å². The van der Waals surface area contributed by atoms with Gasteiger partial charge in [-0.05, 0) is 31.2 Å². The van der Waals surface area contributed by atoms with Gasteiger partial charge in [-0.3, -0.25) is 0 Å². The Kier molecular flexibility index (Phi) is 4.85. The van der Waals surface area contributed by atoms with Crippen molar-refractivity contribution in [3.05, 3.63) is 34.0 Å². The van der Waals surface area contributed by atoms with Gasteiger partial charge in [0.05, 0.1) is 6.04 Å². The van der Waals surface area contributed by atoms with Crippen molar-refractivity contribution in [3.63, 3.8) is 0 Å². The number of benzene rings is 1. The van der Waals surface area contributed by atoms with Gasteiger partial charge < -0.3 is 5.32 Å². The summed E-state index contributed by atoms with van der Waals surface area (Å²) in [5.41, 5.74) is 0.405. The fourth-order valence-electron chi connectivity index (χ4n) is 1.80. The minimum absolute atomic E-state index is 0.165. The molecule has 1 unspecified atom stereocenters. The average Bonchev–Trinajstić information content (AvgIpc) is 2.88. The zero-order chi connectivity index (χ0) is 13.8. The van der Waals surface area contributed by atoms with E-state index in [1.807, 2.05) is 6.92 Å². The molecule has 0 aliphatic carbocycles. The summed E-state index contributed by atoms with van der Waals surface area (Å²) < 4.78 is 13.8. The number of nitrogens with one attached hydrogen (secondary N) is 1. The molecule has 1 atom stereocenters. The fourth-order valence-corrected chi connectivity index (χ4v) is 2.99. The Morgan fingerprint density at radius 1 is 1.37 bits per heavy atom. The fraction of sp³-hybridized carbons (Fsp3) is 0.385. The molecule has 0 amide bonds. The maximum absolute atomic E-state index is 13.8. The third-order valence-corrected chi connectivity index (χ3v) is 4.06. The molecule has 0 spiro atoms. The quantitative estimate of drug-likeness (QED) is 0.905. The molecule has 19 heavy (non-hydrogen) atoms. The molecule has 2 aromatic rings. The minimum Gasteiger partial charge on any atom is -0.308 e. The van der Waals surface area contributed by atoms with Crippen LogP contribution in [0.15, 0.2) is 18.2 Å². The summed E-state index contributed by atoms with van der Waals surface area (Å²) in [5.74, 6) is -0.330. The molecule has 6 heteroatoms. The van der Waals surface area contributed by atoms with E-state index in [9.17, 15) is 4.39 Å². The smallest absolute Gasteiger partial charge is 0.150 e. The van der Waals surface area contributed by atoms with Gasteiger partial charge in [-0.1, -0.05) is 36.8 Å². The van der Waals surface area contributed by atoms with Crippen molar-refractivity contribution in [2.45, 2.75) is 26.3 Å². The Labute approximate surface area is 120 Å². The van der Waals surface area contributed by atoms with E-state index in [4.69, 9.17) is 11.6 Å². The van der Waals surface area contributed by atoms with Gasteiger partial charge in [0.15, 0.2) is 5.01 Å². The van der Waals surface area contributed by atoms with Gasteiger partial charge >= 0.3 is 0 Å². The summed E-state index contributed by atoms with van der Waals surface area (Å²) in [6.45, 7) is 4.98. The van der Waals surface area contributed by atoms with Gasteiger partial charge in [0.2, 0.25) is 0 Å². The summed E-state index contributed by atoms with van der Waals surface area (Å²) in [6, 6.07) is 4.62. The zero-order valence-corrected chi connectivity index (χ0v) is 12.4. The highest BCUT2D eigenvalue weighted by Crippen LogP contribution is 2.31. The molecular weight excluding hydrogens is 285 g/mol. The lowest BCUT2D eigenvalue weighted by Crippen LogP contribution is -2.19. The van der Waals surface area contributed by atoms with E-state index in [-0.39, 0.29) is 11.9 Å². The van der Waals surface area contributed by atoms with Crippen LogP contribution >= 0.6 is 22.9 Å². The van der Waals surface area contributed by atoms with Gasteiger partial charge in [-0.25, -0.2) is 4.39 Å². The number of aromatic nitrogens is 2. The first kappa shape index (κ1) is 14.4. The highest BCUT2D eigenvalue weighted by molar-refractivity contribution is 7.14. The summed E-state index contributed by atoms with van der Waals surface area (Å²) in [5, 5.41) is 13.5. The van der Waals surface area contributed by atoms with Gasteiger partial charge in [0, 0.05) is 10.6 Å². The summed E-state index contributed by atoms with van der Waals surface area (Å²) in [4.78, 5) is 0. The Bertz CT molecular complexity index is 559. The van der Waals surface area contributed by atoms with Gasteiger partial charge in [0.1, 0.15) is 10.8 Å². The molecule has 0 bridgehead atoms. The maximum atomic E-state index is 13.8. The predicted octanol–water partition coefficient (Wildman–Crippen LogP) is 4.06. The van der Waals surface area contributed by atoms with Crippen LogP contribution in [0, 0.1) is 5.82 Å². The van der Waals surface area contributed by atoms with E-state index in [0.29, 0.717) is 15.6 Å². The SMILES string of the molecule is CCNC(CC)c1nnc(-c2cc(Cl)ccc2F)s1. The van der Waals surface area contributed by atoms with Crippen LogP contribution in [-0.4, -0.2) is 16.7 Å². The molecule has 0 aliphatic heterocycles. The number of halogens is 2. The Morgan fingerprint density at radius 3 is 2.84 bits per heavy atom. The molecule has 3 nitrogen and oxygen atoms in total. The lowest BCUT2D eigenvalue weighted by Gasteiger charge is -2.10. The third-order valence-electron chi connectivity index (χ3n) is 2.76. The van der Waals surface area contributed by atoms with E-state index in [2.05, 4.69) is 22.4 Å². The molecule has 102 valence electrons. The van der Waals surface area contributed by atoms with Gasteiger partial charge in [0.25, 0.3) is 0 Å². The zero-order valence-electron chi connectivity index (χ0n) is 10.8. The Balaban J connectivity index is 2.32. The Morgan fingerprint density at radius 2 is 2.16 bits per heavy atom. The molecule has 0 saturated carbocycles. The van der Waals surface area contributed by atoms with Crippen molar-refractivity contribution in [3.8, 4) is 10.6 Å². The standard InChI is InChI=1S/C13H15ClFN3S/c1-3-11(16-4-2)13-18-17-12(19-13)9-7-8(14)5-6-10(9)15/h5-7,11,16H,3-4H2,1-2H3. The number of hydrogen-bond acceptors (Lipinski definition) is 4. The molecule has 1 aromatic carbocycles. The first-order valence-corrected chi connectivity index (χ1v) is 7.37. The van der Waals surface area contributed by atoms with Crippen molar-refractivity contribution < 1.29 is 4.39 Å². The van der Waals surface area contributed by atoms with Crippen LogP contribution in [0.2, 0.25) is 5.02 Å². The van der Waals surface area contributed by atoms with Gasteiger partial charge in [-0.2, -0.15) is 0 Å². The molecule has 1 aromatic heterocycles. The van der Waals surface area contributed by atoms with E-state index in [0.717, 1.165) is 18.0 Å². The van der Waals surface area contributed by atoms with Crippen molar-refractivity contribution in [1.29, 1.82) is 0 Å². The van der Waals surface area contributed by atoms with Crippen LogP contribution in [-0.2, 0) is 0 Å². The number of rotatable bonds is 5.